The van der Waals surface area contributed by atoms with Crippen LogP contribution < -0.4 is 5.32 Å². The first-order valence-electron chi connectivity index (χ1n) is 8.33. The van der Waals surface area contributed by atoms with Gasteiger partial charge in [-0.1, -0.05) is 27.2 Å². The number of aromatic nitrogens is 4. The van der Waals surface area contributed by atoms with Crippen molar-refractivity contribution in [3.8, 4) is 0 Å². The molecule has 0 bridgehead atoms. The van der Waals surface area contributed by atoms with Gasteiger partial charge in [-0.15, -0.1) is 0 Å². The predicted octanol–water partition coefficient (Wildman–Crippen LogP) is 3.03. The zero-order chi connectivity index (χ0) is 17.0. The SMILES string of the molecule is CCC[C@@H](NC(=O)c1cc(C(C)C)nn1CC)c1nccn1C. The highest BCUT2D eigenvalue weighted by atomic mass is 16.2. The molecule has 0 aromatic carbocycles. The van der Waals surface area contributed by atoms with Gasteiger partial charge in [-0.2, -0.15) is 5.10 Å². The molecule has 0 aliphatic rings. The van der Waals surface area contributed by atoms with Crippen molar-refractivity contribution in [2.24, 2.45) is 7.05 Å². The van der Waals surface area contributed by atoms with Crippen LogP contribution in [0.5, 0.6) is 0 Å². The minimum atomic E-state index is -0.0901. The standard InChI is InChI=1S/C17H27N5O/c1-6-8-13(16-18-9-10-21(16)5)19-17(23)15-11-14(12(3)4)20-22(15)7-2/h9-13H,6-8H2,1-5H3,(H,19,23)/t13-/m1/s1. The zero-order valence-corrected chi connectivity index (χ0v) is 14.7. The zero-order valence-electron chi connectivity index (χ0n) is 14.7. The van der Waals surface area contributed by atoms with E-state index in [0.717, 1.165) is 24.4 Å². The fourth-order valence-corrected chi connectivity index (χ4v) is 2.64. The summed E-state index contributed by atoms with van der Waals surface area (Å²) in [6.45, 7) is 8.94. The Balaban J connectivity index is 2.24. The molecule has 1 atom stereocenters. The number of carbonyl (C=O) groups is 1. The van der Waals surface area contributed by atoms with Crippen molar-refractivity contribution in [2.75, 3.05) is 0 Å². The van der Waals surface area contributed by atoms with Crippen LogP contribution in [0.2, 0.25) is 0 Å². The average Bonchev–Trinajstić information content (AvgIpc) is 3.12. The summed E-state index contributed by atoms with van der Waals surface area (Å²) in [5, 5.41) is 7.64. The van der Waals surface area contributed by atoms with Crippen molar-refractivity contribution < 1.29 is 4.79 Å². The lowest BCUT2D eigenvalue weighted by molar-refractivity contribution is 0.0921. The molecule has 6 heteroatoms. The van der Waals surface area contributed by atoms with Crippen molar-refractivity contribution in [1.82, 2.24) is 24.6 Å². The summed E-state index contributed by atoms with van der Waals surface area (Å²) >= 11 is 0. The van der Waals surface area contributed by atoms with Crippen molar-refractivity contribution >= 4 is 5.91 Å². The molecular weight excluding hydrogens is 290 g/mol. The largest absolute Gasteiger partial charge is 0.341 e. The van der Waals surface area contributed by atoms with Gasteiger partial charge in [0, 0.05) is 26.0 Å². The van der Waals surface area contributed by atoms with E-state index in [1.165, 1.54) is 0 Å². The summed E-state index contributed by atoms with van der Waals surface area (Å²) in [7, 11) is 1.95. The summed E-state index contributed by atoms with van der Waals surface area (Å²) < 4.78 is 3.73. The molecule has 2 aromatic rings. The fourth-order valence-electron chi connectivity index (χ4n) is 2.64. The first-order valence-corrected chi connectivity index (χ1v) is 8.33. The molecule has 0 radical (unpaired) electrons. The minimum absolute atomic E-state index is 0.0878. The third-order valence-corrected chi connectivity index (χ3v) is 3.98. The number of rotatable bonds is 7. The quantitative estimate of drug-likeness (QED) is 0.853. The molecule has 0 aliphatic carbocycles. The van der Waals surface area contributed by atoms with Gasteiger partial charge in [0.25, 0.3) is 5.91 Å². The average molecular weight is 317 g/mol. The lowest BCUT2D eigenvalue weighted by atomic mass is 10.1. The number of nitrogens with one attached hydrogen (secondary N) is 1. The third-order valence-electron chi connectivity index (χ3n) is 3.98. The highest BCUT2D eigenvalue weighted by Crippen LogP contribution is 2.19. The van der Waals surface area contributed by atoms with Crippen LogP contribution in [0.25, 0.3) is 0 Å². The molecule has 2 rings (SSSR count). The first-order chi connectivity index (χ1) is 11.0. The maximum atomic E-state index is 12.7. The second-order valence-corrected chi connectivity index (χ2v) is 6.14. The van der Waals surface area contributed by atoms with Crippen molar-refractivity contribution in [3.63, 3.8) is 0 Å². The van der Waals surface area contributed by atoms with Gasteiger partial charge >= 0.3 is 0 Å². The van der Waals surface area contributed by atoms with Crippen LogP contribution in [-0.4, -0.2) is 25.2 Å². The Morgan fingerprint density at radius 3 is 2.61 bits per heavy atom. The van der Waals surface area contributed by atoms with Crippen LogP contribution in [0.3, 0.4) is 0 Å². The Kier molecular flexibility index (Phi) is 5.58. The molecule has 0 unspecified atom stereocenters. The first kappa shape index (κ1) is 17.2. The van der Waals surface area contributed by atoms with Crippen LogP contribution in [0.4, 0.5) is 0 Å². The molecule has 0 aliphatic heterocycles. The molecule has 1 N–H and O–H groups in total. The maximum Gasteiger partial charge on any atom is 0.270 e. The Bertz CT molecular complexity index is 656. The van der Waals surface area contributed by atoms with Crippen LogP contribution in [0, 0.1) is 0 Å². The number of imidazole rings is 1. The molecule has 126 valence electrons. The number of carbonyl (C=O) groups excluding carboxylic acids is 1. The lowest BCUT2D eigenvalue weighted by Gasteiger charge is -2.18. The summed E-state index contributed by atoms with van der Waals surface area (Å²) in [5.74, 6) is 1.09. The van der Waals surface area contributed by atoms with Gasteiger partial charge in [-0.3, -0.25) is 9.48 Å². The number of aryl methyl sites for hydroxylation is 2. The molecule has 6 nitrogen and oxygen atoms in total. The number of hydrogen-bond donors (Lipinski definition) is 1. The topological polar surface area (TPSA) is 64.7 Å². The second-order valence-electron chi connectivity index (χ2n) is 6.14. The summed E-state index contributed by atoms with van der Waals surface area (Å²) in [5.41, 5.74) is 1.56. The van der Waals surface area contributed by atoms with Crippen LogP contribution in [0.15, 0.2) is 18.5 Å². The normalized spacial score (nSPS) is 12.6. The van der Waals surface area contributed by atoms with E-state index >= 15 is 0 Å². The summed E-state index contributed by atoms with van der Waals surface area (Å²) in [6.07, 6.45) is 5.49. The van der Waals surface area contributed by atoms with E-state index < -0.39 is 0 Å². The van der Waals surface area contributed by atoms with Crippen molar-refractivity contribution in [3.05, 3.63) is 35.7 Å². The predicted molar refractivity (Wildman–Crippen MR) is 90.3 cm³/mol. The molecule has 2 aromatic heterocycles. The van der Waals surface area contributed by atoms with Crippen LogP contribution in [0.1, 0.15) is 74.5 Å². The van der Waals surface area contributed by atoms with Gasteiger partial charge in [-0.05, 0) is 25.3 Å². The second kappa shape index (κ2) is 7.44. The molecule has 0 saturated carbocycles. The highest BCUT2D eigenvalue weighted by Gasteiger charge is 2.22. The van der Waals surface area contributed by atoms with Gasteiger partial charge in [-0.25, -0.2) is 4.98 Å². The van der Waals surface area contributed by atoms with E-state index in [1.54, 1.807) is 10.9 Å². The van der Waals surface area contributed by atoms with Gasteiger partial charge in [0.05, 0.1) is 11.7 Å². The molecule has 0 fully saturated rings. The van der Waals surface area contributed by atoms with E-state index in [2.05, 4.69) is 36.2 Å². The monoisotopic (exact) mass is 317 g/mol. The maximum absolute atomic E-state index is 12.7. The van der Waals surface area contributed by atoms with E-state index in [9.17, 15) is 4.79 Å². The van der Waals surface area contributed by atoms with E-state index in [4.69, 9.17) is 0 Å². The number of nitrogens with zero attached hydrogens (tertiary/aromatic N) is 4. The number of hydrogen-bond acceptors (Lipinski definition) is 3. The number of amides is 1. The fraction of sp³-hybridized carbons (Fsp3) is 0.588. The summed E-state index contributed by atoms with van der Waals surface area (Å²) in [6, 6.07) is 1.81. The van der Waals surface area contributed by atoms with Crippen LogP contribution in [-0.2, 0) is 13.6 Å². The Hall–Kier alpha value is -2.11. The van der Waals surface area contributed by atoms with Crippen molar-refractivity contribution in [1.29, 1.82) is 0 Å². The van der Waals surface area contributed by atoms with Gasteiger partial charge < -0.3 is 9.88 Å². The van der Waals surface area contributed by atoms with E-state index in [0.29, 0.717) is 18.2 Å². The molecular formula is C17H27N5O. The minimum Gasteiger partial charge on any atom is -0.341 e. The Morgan fingerprint density at radius 2 is 2.09 bits per heavy atom. The van der Waals surface area contributed by atoms with Gasteiger partial charge in [0.15, 0.2) is 0 Å². The van der Waals surface area contributed by atoms with Crippen molar-refractivity contribution in [2.45, 2.75) is 59.0 Å². The molecule has 1 amide bonds. The van der Waals surface area contributed by atoms with Crippen LogP contribution >= 0.6 is 0 Å². The van der Waals surface area contributed by atoms with Gasteiger partial charge in [0.2, 0.25) is 0 Å². The molecule has 23 heavy (non-hydrogen) atoms. The molecule has 0 saturated heterocycles. The smallest absolute Gasteiger partial charge is 0.270 e. The van der Waals surface area contributed by atoms with E-state index in [-0.39, 0.29) is 11.9 Å². The van der Waals surface area contributed by atoms with E-state index in [1.807, 2.05) is 30.8 Å². The van der Waals surface area contributed by atoms with Gasteiger partial charge in [0.1, 0.15) is 11.5 Å². The lowest BCUT2D eigenvalue weighted by Crippen LogP contribution is -2.31. The molecule has 2 heterocycles. The summed E-state index contributed by atoms with van der Waals surface area (Å²) in [4.78, 5) is 17.1. The Morgan fingerprint density at radius 1 is 1.35 bits per heavy atom. The Labute approximate surface area is 137 Å². The molecule has 0 spiro atoms. The highest BCUT2D eigenvalue weighted by molar-refractivity contribution is 5.93. The third kappa shape index (κ3) is 3.81.